The zero-order chi connectivity index (χ0) is 21.4. The lowest BCUT2D eigenvalue weighted by atomic mass is 9.93. The average Bonchev–Trinajstić information content (AvgIpc) is 3.27. The molecule has 1 amide bonds. The van der Waals surface area contributed by atoms with Gasteiger partial charge in [-0.15, -0.1) is 5.10 Å². The molecule has 0 saturated heterocycles. The van der Waals surface area contributed by atoms with E-state index < -0.39 is 0 Å². The van der Waals surface area contributed by atoms with Crippen LogP contribution in [-0.4, -0.2) is 41.9 Å². The largest absolute Gasteiger partial charge is 0.331 e. The van der Waals surface area contributed by atoms with Crippen molar-refractivity contribution in [1.29, 1.82) is 0 Å². The first-order valence-electron chi connectivity index (χ1n) is 10.9. The Morgan fingerprint density at radius 2 is 1.87 bits per heavy atom. The van der Waals surface area contributed by atoms with Crippen molar-refractivity contribution < 1.29 is 4.79 Å². The highest BCUT2D eigenvalue weighted by molar-refractivity contribution is 5.94. The molecule has 1 aliphatic rings. The number of rotatable bonds is 4. The molecule has 0 aliphatic heterocycles. The van der Waals surface area contributed by atoms with Crippen molar-refractivity contribution in [3.8, 4) is 0 Å². The molecule has 7 heteroatoms. The second-order valence-electron chi connectivity index (χ2n) is 8.56. The summed E-state index contributed by atoms with van der Waals surface area (Å²) >= 11 is 0. The molecule has 1 aliphatic carbocycles. The molecular weight excluding hydrogens is 388 g/mol. The number of amides is 1. The van der Waals surface area contributed by atoms with Gasteiger partial charge in [-0.05, 0) is 66.9 Å². The maximum atomic E-state index is 13.5. The molecule has 0 bridgehead atoms. The second-order valence-corrected chi connectivity index (χ2v) is 8.56. The lowest BCUT2D eigenvalue weighted by Gasteiger charge is -2.34. The Hall–Kier alpha value is -3.35. The van der Waals surface area contributed by atoms with Crippen molar-refractivity contribution in [2.45, 2.75) is 58.5 Å². The van der Waals surface area contributed by atoms with Crippen molar-refractivity contribution in [3.05, 3.63) is 65.0 Å². The summed E-state index contributed by atoms with van der Waals surface area (Å²) in [6.45, 7) is 4.66. The topological polar surface area (TPSA) is 76.3 Å². The molecule has 1 aromatic carbocycles. The van der Waals surface area contributed by atoms with Crippen molar-refractivity contribution in [2.75, 3.05) is 0 Å². The van der Waals surface area contributed by atoms with E-state index in [1.807, 2.05) is 9.42 Å². The van der Waals surface area contributed by atoms with Gasteiger partial charge < -0.3 is 4.90 Å². The van der Waals surface area contributed by atoms with Crippen molar-refractivity contribution in [3.63, 3.8) is 0 Å². The molecule has 158 valence electrons. The van der Waals surface area contributed by atoms with E-state index in [2.05, 4.69) is 52.6 Å². The fraction of sp³-hybridized carbons (Fsp3) is 0.375. The number of carbonyl (C=O) groups excluding carboxylic acids is 1. The van der Waals surface area contributed by atoms with E-state index in [1.54, 1.807) is 24.5 Å². The summed E-state index contributed by atoms with van der Waals surface area (Å²) in [5.41, 5.74) is 5.69. The molecule has 31 heavy (non-hydrogen) atoms. The number of aryl methyl sites for hydroxylation is 2. The Labute approximate surface area is 181 Å². The van der Waals surface area contributed by atoms with E-state index in [4.69, 9.17) is 0 Å². The molecule has 7 nitrogen and oxygen atoms in total. The van der Waals surface area contributed by atoms with E-state index in [9.17, 15) is 4.79 Å². The van der Waals surface area contributed by atoms with Crippen LogP contribution < -0.4 is 0 Å². The fourth-order valence-corrected chi connectivity index (χ4v) is 4.90. The first-order chi connectivity index (χ1) is 15.1. The number of nitrogens with zero attached hydrogens (tertiary/aromatic N) is 6. The van der Waals surface area contributed by atoms with Crippen molar-refractivity contribution >= 4 is 22.5 Å². The summed E-state index contributed by atoms with van der Waals surface area (Å²) in [7, 11) is 0. The predicted octanol–water partition coefficient (Wildman–Crippen LogP) is 4.26. The Morgan fingerprint density at radius 1 is 1.10 bits per heavy atom. The van der Waals surface area contributed by atoms with Gasteiger partial charge >= 0.3 is 0 Å². The first kappa shape index (κ1) is 19.6. The standard InChI is InChI=1S/C24H26N6O/c1-16-12-17(2)22-19(13-16)14-20(23-26-27-28-30(22)23)15-29(21-6-4-3-5-7-21)24(31)18-8-10-25-11-9-18/h8-14,21H,3-7,15H2,1-2H3. The van der Waals surface area contributed by atoms with Crippen LogP contribution in [0.4, 0.5) is 0 Å². The summed E-state index contributed by atoms with van der Waals surface area (Å²) in [5, 5.41) is 13.6. The van der Waals surface area contributed by atoms with E-state index in [0.29, 0.717) is 17.8 Å². The number of tetrazole rings is 1. The summed E-state index contributed by atoms with van der Waals surface area (Å²) in [5.74, 6) is 0.0421. The number of hydrogen-bond acceptors (Lipinski definition) is 5. The zero-order valence-corrected chi connectivity index (χ0v) is 18.0. The van der Waals surface area contributed by atoms with Crippen LogP contribution in [0.25, 0.3) is 16.6 Å². The number of fused-ring (bicyclic) bond motifs is 3. The summed E-state index contributed by atoms with van der Waals surface area (Å²) < 4.78 is 1.81. The third-order valence-corrected chi connectivity index (χ3v) is 6.32. The molecular formula is C24H26N6O. The quantitative estimate of drug-likeness (QED) is 0.499. The third kappa shape index (κ3) is 3.65. The molecule has 0 N–H and O–H groups in total. The Balaban J connectivity index is 1.61. The van der Waals surface area contributed by atoms with Gasteiger partial charge in [-0.1, -0.05) is 30.9 Å². The molecule has 0 unspecified atom stereocenters. The summed E-state index contributed by atoms with van der Waals surface area (Å²) in [6.07, 6.45) is 8.96. The Morgan fingerprint density at radius 3 is 2.65 bits per heavy atom. The maximum absolute atomic E-state index is 13.5. The molecule has 0 spiro atoms. The molecule has 3 aromatic heterocycles. The second kappa shape index (κ2) is 8.06. The van der Waals surface area contributed by atoms with Crippen LogP contribution in [0.2, 0.25) is 0 Å². The fourth-order valence-electron chi connectivity index (χ4n) is 4.90. The van der Waals surface area contributed by atoms with Gasteiger partial charge in [0, 0.05) is 34.9 Å². The van der Waals surface area contributed by atoms with Gasteiger partial charge in [-0.2, -0.15) is 4.52 Å². The molecule has 4 aromatic rings. The first-order valence-corrected chi connectivity index (χ1v) is 10.9. The van der Waals surface area contributed by atoms with Crippen LogP contribution in [0, 0.1) is 13.8 Å². The molecule has 5 rings (SSSR count). The van der Waals surface area contributed by atoms with Gasteiger partial charge in [0.15, 0.2) is 5.65 Å². The van der Waals surface area contributed by atoms with Gasteiger partial charge in [0.05, 0.1) is 12.1 Å². The minimum absolute atomic E-state index is 0.0421. The van der Waals surface area contributed by atoms with Crippen molar-refractivity contribution in [2.24, 2.45) is 0 Å². The zero-order valence-electron chi connectivity index (χ0n) is 18.0. The van der Waals surface area contributed by atoms with Gasteiger partial charge in [-0.25, -0.2) is 0 Å². The van der Waals surface area contributed by atoms with Gasteiger partial charge in [0.1, 0.15) is 0 Å². The summed E-state index contributed by atoms with van der Waals surface area (Å²) in [6, 6.07) is 10.3. The minimum atomic E-state index is 0.0421. The molecule has 1 fully saturated rings. The van der Waals surface area contributed by atoms with Crippen LogP contribution in [0.1, 0.15) is 59.2 Å². The number of benzene rings is 1. The number of pyridine rings is 2. The highest BCUT2D eigenvalue weighted by atomic mass is 16.2. The van der Waals surface area contributed by atoms with E-state index >= 15 is 0 Å². The van der Waals surface area contributed by atoms with E-state index in [-0.39, 0.29) is 11.9 Å². The SMILES string of the molecule is Cc1cc(C)c2c(c1)cc(CN(C(=O)c1ccncc1)C1CCCCC1)c1nnnn12. The van der Waals surface area contributed by atoms with Crippen LogP contribution in [0.15, 0.2) is 42.7 Å². The van der Waals surface area contributed by atoms with Gasteiger partial charge in [-0.3, -0.25) is 9.78 Å². The maximum Gasteiger partial charge on any atom is 0.254 e. The summed E-state index contributed by atoms with van der Waals surface area (Å²) in [4.78, 5) is 19.6. The van der Waals surface area contributed by atoms with Crippen LogP contribution in [0.5, 0.6) is 0 Å². The third-order valence-electron chi connectivity index (χ3n) is 6.32. The molecule has 3 heterocycles. The van der Waals surface area contributed by atoms with Crippen molar-refractivity contribution in [1.82, 2.24) is 29.9 Å². The van der Waals surface area contributed by atoms with Crippen LogP contribution >= 0.6 is 0 Å². The van der Waals surface area contributed by atoms with Gasteiger partial charge in [0.2, 0.25) is 0 Å². The van der Waals surface area contributed by atoms with E-state index in [0.717, 1.165) is 47.7 Å². The monoisotopic (exact) mass is 414 g/mol. The van der Waals surface area contributed by atoms with Gasteiger partial charge in [0.25, 0.3) is 5.91 Å². The predicted molar refractivity (Wildman–Crippen MR) is 119 cm³/mol. The molecule has 1 saturated carbocycles. The normalized spacial score (nSPS) is 14.9. The van der Waals surface area contributed by atoms with Crippen LogP contribution in [0.3, 0.4) is 0 Å². The smallest absolute Gasteiger partial charge is 0.254 e. The lowest BCUT2D eigenvalue weighted by Crippen LogP contribution is -2.41. The highest BCUT2D eigenvalue weighted by Gasteiger charge is 2.28. The minimum Gasteiger partial charge on any atom is -0.331 e. The van der Waals surface area contributed by atoms with E-state index in [1.165, 1.54) is 12.0 Å². The van der Waals surface area contributed by atoms with Crippen LogP contribution in [-0.2, 0) is 6.54 Å². The number of hydrogen-bond donors (Lipinski definition) is 0. The number of aromatic nitrogens is 5. The lowest BCUT2D eigenvalue weighted by molar-refractivity contribution is 0.0615. The molecule has 0 atom stereocenters. The molecule has 0 radical (unpaired) electrons. The Bertz CT molecular complexity index is 1240. The number of carbonyl (C=O) groups is 1. The highest BCUT2D eigenvalue weighted by Crippen LogP contribution is 2.29. The average molecular weight is 415 g/mol. The Kier molecular flexibility index (Phi) is 5.10.